The number of para-hydroxylation sites is 1. The lowest BCUT2D eigenvalue weighted by Crippen LogP contribution is -2.46. The molecule has 0 bridgehead atoms. The van der Waals surface area contributed by atoms with Crippen LogP contribution in [0.2, 0.25) is 0 Å². The third-order valence-corrected chi connectivity index (χ3v) is 10.2. The number of nitriles is 1. The molecular formula is C35H45N6O10P. The van der Waals surface area contributed by atoms with E-state index in [4.69, 9.17) is 33.7 Å². The molecule has 1 aromatic carbocycles. The number of rotatable bonds is 16. The number of nitrogens with two attached hydrogens (primary N) is 1. The van der Waals surface area contributed by atoms with Gasteiger partial charge in [-0.2, -0.15) is 15.4 Å². The average molecular weight is 741 g/mol. The lowest BCUT2D eigenvalue weighted by atomic mass is 9.92. The summed E-state index contributed by atoms with van der Waals surface area (Å²) in [5, 5.41) is 17.8. The van der Waals surface area contributed by atoms with Crippen molar-refractivity contribution in [2.45, 2.75) is 103 Å². The number of anilines is 1. The summed E-state index contributed by atoms with van der Waals surface area (Å²) in [5.74, 6) is -1.93. The zero-order chi connectivity index (χ0) is 37.6. The first-order valence-corrected chi connectivity index (χ1v) is 18.8. The van der Waals surface area contributed by atoms with Crippen molar-refractivity contribution in [2.75, 3.05) is 12.3 Å². The van der Waals surface area contributed by atoms with Gasteiger partial charge in [0, 0.05) is 12.8 Å². The quantitative estimate of drug-likeness (QED) is 0.116. The van der Waals surface area contributed by atoms with E-state index >= 15 is 0 Å². The van der Waals surface area contributed by atoms with Crippen molar-refractivity contribution in [3.05, 3.63) is 54.5 Å². The molecule has 0 amide bonds. The topological polar surface area (TPSA) is 216 Å². The lowest BCUT2D eigenvalue weighted by Gasteiger charge is -2.29. The molecule has 3 aromatic rings. The van der Waals surface area contributed by atoms with Gasteiger partial charge in [-0.05, 0) is 62.3 Å². The summed E-state index contributed by atoms with van der Waals surface area (Å²) in [6, 6.07) is 12.3. The predicted molar refractivity (Wildman–Crippen MR) is 185 cm³/mol. The Kier molecular flexibility index (Phi) is 12.2. The number of hydrogen-bond donors (Lipinski definition) is 2. The van der Waals surface area contributed by atoms with E-state index < -0.39 is 62.2 Å². The summed E-state index contributed by atoms with van der Waals surface area (Å²) in [6.45, 7) is 8.13. The van der Waals surface area contributed by atoms with Gasteiger partial charge in [0.15, 0.2) is 18.0 Å². The van der Waals surface area contributed by atoms with E-state index in [1.54, 1.807) is 36.4 Å². The molecule has 0 radical (unpaired) electrons. The van der Waals surface area contributed by atoms with E-state index in [1.807, 2.05) is 27.7 Å². The number of nitrogens with zero attached hydrogens (tertiary/aromatic N) is 4. The van der Waals surface area contributed by atoms with Crippen LogP contribution in [0.25, 0.3) is 5.52 Å². The predicted octanol–water partition coefficient (Wildman–Crippen LogP) is 4.62. The van der Waals surface area contributed by atoms with Gasteiger partial charge >= 0.3 is 25.7 Å². The van der Waals surface area contributed by atoms with Gasteiger partial charge in [-0.25, -0.2) is 14.1 Å². The van der Waals surface area contributed by atoms with Gasteiger partial charge in [-0.1, -0.05) is 45.9 Å². The maximum atomic E-state index is 14.4. The maximum absolute atomic E-state index is 14.4. The molecule has 3 heterocycles. The number of esters is 3. The second-order valence-corrected chi connectivity index (χ2v) is 15.5. The smallest absolute Gasteiger partial charge is 0.459 e. The Labute approximate surface area is 301 Å². The minimum absolute atomic E-state index is 0.00804. The van der Waals surface area contributed by atoms with Gasteiger partial charge < -0.3 is 29.2 Å². The van der Waals surface area contributed by atoms with Crippen molar-refractivity contribution >= 4 is 37.0 Å². The van der Waals surface area contributed by atoms with Crippen LogP contribution < -0.4 is 15.3 Å². The molecule has 16 nitrogen and oxygen atoms in total. The molecule has 17 heteroatoms. The van der Waals surface area contributed by atoms with E-state index in [-0.39, 0.29) is 48.0 Å². The fraction of sp³-hybridized carbons (Fsp3) is 0.543. The van der Waals surface area contributed by atoms with Crippen molar-refractivity contribution in [1.82, 2.24) is 19.7 Å². The standard InChI is InChI=1S/C35H45N6O10P/c1-21(2)16-29(42)48-31-27(18-46-52(45,51-25-10-7-6-8-11-25)40-23(5)34(44)47-24-12-9-13-24)50-35(19-36,32(31)49-30(43)17-22(3)4)28-15-14-26-33(37)38-20-39-41(26)28/h6-8,10-11,14-15,20-24,27,31-32H,9,12-13,16-18H2,1-5H3,(H,40,45)(H2,37,38,39)/t23-,27+,31+,32+,35-,52?/m0/s1. The Hall–Kier alpha value is -4.55. The number of benzene rings is 1. The second kappa shape index (κ2) is 16.4. The maximum Gasteiger partial charge on any atom is 0.459 e. The number of carbonyl (C=O) groups excluding carboxylic acids is 3. The van der Waals surface area contributed by atoms with E-state index in [2.05, 4.69) is 21.2 Å². The van der Waals surface area contributed by atoms with Crippen LogP contribution in [-0.2, 0) is 48.0 Å². The minimum Gasteiger partial charge on any atom is -0.461 e. The van der Waals surface area contributed by atoms with Crippen LogP contribution in [0.3, 0.4) is 0 Å². The minimum atomic E-state index is -4.45. The molecule has 2 aromatic heterocycles. The molecule has 2 fully saturated rings. The summed E-state index contributed by atoms with van der Waals surface area (Å²) >= 11 is 0. The first-order chi connectivity index (χ1) is 24.7. The third kappa shape index (κ3) is 8.90. The van der Waals surface area contributed by atoms with Crippen molar-refractivity contribution in [3.8, 4) is 11.8 Å². The molecule has 0 spiro atoms. The normalized spacial score (nSPS) is 23.4. The fourth-order valence-electron chi connectivity index (χ4n) is 5.79. The molecule has 280 valence electrons. The Bertz CT molecular complexity index is 1830. The highest BCUT2D eigenvalue weighted by Gasteiger charge is 2.63. The molecule has 1 saturated carbocycles. The molecule has 52 heavy (non-hydrogen) atoms. The Morgan fingerprint density at radius 2 is 1.71 bits per heavy atom. The molecule has 1 aliphatic heterocycles. The number of hydrogen-bond acceptors (Lipinski definition) is 14. The van der Waals surface area contributed by atoms with Crippen LogP contribution in [0.4, 0.5) is 5.82 Å². The van der Waals surface area contributed by atoms with Gasteiger partial charge in [-0.3, -0.25) is 18.9 Å². The largest absolute Gasteiger partial charge is 0.461 e. The number of aromatic nitrogens is 3. The van der Waals surface area contributed by atoms with Crippen LogP contribution in [0.1, 0.15) is 72.4 Å². The second-order valence-electron chi connectivity index (χ2n) is 13.8. The average Bonchev–Trinajstić information content (AvgIpc) is 3.62. The number of nitrogens with one attached hydrogen (secondary N) is 1. The zero-order valence-electron chi connectivity index (χ0n) is 29.8. The molecule has 3 N–H and O–H groups in total. The lowest BCUT2D eigenvalue weighted by molar-refractivity contribution is -0.170. The zero-order valence-corrected chi connectivity index (χ0v) is 30.7. The summed E-state index contributed by atoms with van der Waals surface area (Å²) in [6.07, 6.45) is -1.01. The number of ether oxygens (including phenoxy) is 4. The molecule has 5 rings (SSSR count). The van der Waals surface area contributed by atoms with Crippen molar-refractivity contribution in [3.63, 3.8) is 0 Å². The SMILES string of the molecule is CC(C)CC(=O)O[C@H]1[C@@H](OC(=O)CC(C)C)[C@](C#N)(c2ccc3c(N)ncnn23)O[C@@H]1COP(=O)(N[C@@H](C)C(=O)OC1CCC1)Oc1ccccc1. The first-order valence-electron chi connectivity index (χ1n) is 17.3. The van der Waals surface area contributed by atoms with Crippen LogP contribution in [0, 0.1) is 23.2 Å². The fourth-order valence-corrected chi connectivity index (χ4v) is 7.29. The summed E-state index contributed by atoms with van der Waals surface area (Å²) in [4.78, 5) is 43.5. The number of carbonyl (C=O) groups is 3. The summed E-state index contributed by atoms with van der Waals surface area (Å²) in [7, 11) is -4.45. The van der Waals surface area contributed by atoms with Gasteiger partial charge in [-0.15, -0.1) is 0 Å². The van der Waals surface area contributed by atoms with Gasteiger partial charge in [0.1, 0.15) is 41.9 Å². The van der Waals surface area contributed by atoms with E-state index in [0.29, 0.717) is 5.52 Å². The van der Waals surface area contributed by atoms with Crippen LogP contribution >= 0.6 is 7.75 Å². The van der Waals surface area contributed by atoms with Crippen molar-refractivity contribution < 1.29 is 46.9 Å². The molecular weight excluding hydrogens is 695 g/mol. The Morgan fingerprint density at radius 3 is 2.33 bits per heavy atom. The molecule has 2 aliphatic rings. The highest BCUT2D eigenvalue weighted by molar-refractivity contribution is 7.52. The van der Waals surface area contributed by atoms with E-state index in [0.717, 1.165) is 19.3 Å². The molecule has 1 saturated heterocycles. The van der Waals surface area contributed by atoms with Crippen LogP contribution in [0.15, 0.2) is 48.8 Å². The molecule has 6 atom stereocenters. The van der Waals surface area contributed by atoms with Crippen LogP contribution in [-0.4, -0.2) is 69.6 Å². The van der Waals surface area contributed by atoms with Gasteiger partial charge in [0.25, 0.3) is 0 Å². The third-order valence-electron chi connectivity index (χ3n) is 8.52. The Morgan fingerprint density at radius 1 is 1.04 bits per heavy atom. The van der Waals surface area contributed by atoms with E-state index in [9.17, 15) is 24.2 Å². The highest BCUT2D eigenvalue weighted by atomic mass is 31.2. The monoisotopic (exact) mass is 740 g/mol. The van der Waals surface area contributed by atoms with Gasteiger partial charge in [0.2, 0.25) is 5.60 Å². The van der Waals surface area contributed by atoms with Crippen molar-refractivity contribution in [2.24, 2.45) is 11.8 Å². The summed E-state index contributed by atoms with van der Waals surface area (Å²) < 4.78 is 51.4. The number of nitrogen functional groups attached to an aromatic ring is 1. The van der Waals surface area contributed by atoms with Crippen LogP contribution in [0.5, 0.6) is 5.75 Å². The molecule has 1 unspecified atom stereocenters. The Balaban J connectivity index is 1.53. The number of fused-ring (bicyclic) bond motifs is 1. The first kappa shape index (κ1) is 38.7. The van der Waals surface area contributed by atoms with Gasteiger partial charge in [0.05, 0.1) is 12.3 Å². The van der Waals surface area contributed by atoms with E-state index in [1.165, 1.54) is 23.8 Å². The highest BCUT2D eigenvalue weighted by Crippen LogP contribution is 2.48. The molecule has 1 aliphatic carbocycles. The summed E-state index contributed by atoms with van der Waals surface area (Å²) in [5.41, 5.74) is 4.38. The van der Waals surface area contributed by atoms with Crippen molar-refractivity contribution in [1.29, 1.82) is 5.26 Å².